The third-order valence-electron chi connectivity index (χ3n) is 4.90. The van der Waals surface area contributed by atoms with Gasteiger partial charge >= 0.3 is 0 Å². The van der Waals surface area contributed by atoms with Crippen molar-refractivity contribution in [3.05, 3.63) is 53.0 Å². The van der Waals surface area contributed by atoms with Crippen LogP contribution in [0.2, 0.25) is 0 Å². The largest absolute Gasteiger partial charge is 0.353 e. The van der Waals surface area contributed by atoms with Gasteiger partial charge < -0.3 is 9.80 Å². The number of anilines is 1. The van der Waals surface area contributed by atoms with Crippen molar-refractivity contribution in [2.75, 3.05) is 31.1 Å². The highest BCUT2D eigenvalue weighted by atomic mass is 32.1. The number of aromatic nitrogens is 4. The van der Waals surface area contributed by atoms with Crippen LogP contribution in [0.25, 0.3) is 5.82 Å². The Morgan fingerprint density at radius 3 is 2.70 bits per heavy atom. The Morgan fingerprint density at radius 2 is 2.00 bits per heavy atom. The molecule has 1 aliphatic heterocycles. The molecule has 0 saturated carbocycles. The summed E-state index contributed by atoms with van der Waals surface area (Å²) in [6.45, 7) is 5.13. The minimum atomic E-state index is 0.240. The van der Waals surface area contributed by atoms with Crippen LogP contribution in [-0.2, 0) is 11.2 Å². The standard InChI is InChI=1S/C19H22N6OS/c1-15-4-11-27-16(15)2-3-19(26)24-9-7-23(8-10-24)17-12-18(22-13-21-17)25-6-5-20-14-25/h4-6,11-14H,2-3,7-10H2,1H3. The second-order valence-corrected chi connectivity index (χ2v) is 7.60. The first kappa shape index (κ1) is 17.7. The van der Waals surface area contributed by atoms with Crippen molar-refractivity contribution in [2.45, 2.75) is 19.8 Å². The Kier molecular flexibility index (Phi) is 5.15. The highest BCUT2D eigenvalue weighted by molar-refractivity contribution is 7.10. The van der Waals surface area contributed by atoms with Crippen molar-refractivity contribution in [1.29, 1.82) is 0 Å². The Morgan fingerprint density at radius 1 is 1.19 bits per heavy atom. The van der Waals surface area contributed by atoms with Gasteiger partial charge in [-0.3, -0.25) is 9.36 Å². The smallest absolute Gasteiger partial charge is 0.223 e. The first-order valence-electron chi connectivity index (χ1n) is 9.07. The molecule has 4 heterocycles. The van der Waals surface area contributed by atoms with Crippen LogP contribution in [-0.4, -0.2) is 56.5 Å². The van der Waals surface area contributed by atoms with Crippen LogP contribution in [0, 0.1) is 6.92 Å². The lowest BCUT2D eigenvalue weighted by molar-refractivity contribution is -0.131. The van der Waals surface area contributed by atoms with Gasteiger partial charge in [-0.2, -0.15) is 0 Å². The number of rotatable bonds is 5. The fourth-order valence-corrected chi connectivity index (χ4v) is 4.18. The number of thiophene rings is 1. The van der Waals surface area contributed by atoms with E-state index in [-0.39, 0.29) is 5.91 Å². The van der Waals surface area contributed by atoms with E-state index < -0.39 is 0 Å². The lowest BCUT2D eigenvalue weighted by atomic mass is 10.2. The summed E-state index contributed by atoms with van der Waals surface area (Å²) in [7, 11) is 0. The SMILES string of the molecule is Cc1ccsc1CCC(=O)N1CCN(c2cc(-n3ccnc3)ncn2)CC1. The number of nitrogens with zero attached hydrogens (tertiary/aromatic N) is 6. The Balaban J connectivity index is 1.33. The Bertz CT molecular complexity index is 899. The molecular weight excluding hydrogens is 360 g/mol. The van der Waals surface area contributed by atoms with Crippen LogP contribution in [0.5, 0.6) is 0 Å². The average molecular weight is 382 g/mol. The fraction of sp³-hybridized carbons (Fsp3) is 0.368. The quantitative estimate of drug-likeness (QED) is 0.677. The monoisotopic (exact) mass is 382 g/mol. The van der Waals surface area contributed by atoms with E-state index in [1.54, 1.807) is 30.2 Å². The number of amides is 1. The Labute approximate surface area is 162 Å². The van der Waals surface area contributed by atoms with E-state index in [2.05, 4.69) is 38.2 Å². The summed E-state index contributed by atoms with van der Waals surface area (Å²) in [5, 5.41) is 2.09. The van der Waals surface area contributed by atoms with Crippen molar-refractivity contribution in [3.8, 4) is 5.82 Å². The molecule has 0 bridgehead atoms. The summed E-state index contributed by atoms with van der Waals surface area (Å²) < 4.78 is 1.86. The van der Waals surface area contributed by atoms with Gasteiger partial charge in [-0.1, -0.05) is 0 Å². The van der Waals surface area contributed by atoms with Crippen molar-refractivity contribution < 1.29 is 4.79 Å². The summed E-state index contributed by atoms with van der Waals surface area (Å²) in [6, 6.07) is 4.07. The maximum Gasteiger partial charge on any atom is 0.223 e. The summed E-state index contributed by atoms with van der Waals surface area (Å²) in [6.07, 6.45) is 8.30. The molecule has 1 amide bonds. The highest BCUT2D eigenvalue weighted by Crippen LogP contribution is 2.19. The second kappa shape index (κ2) is 7.87. The van der Waals surface area contributed by atoms with E-state index in [4.69, 9.17) is 0 Å². The minimum Gasteiger partial charge on any atom is -0.353 e. The molecule has 1 aliphatic rings. The van der Waals surface area contributed by atoms with E-state index in [1.807, 2.05) is 21.7 Å². The van der Waals surface area contributed by atoms with Crippen LogP contribution in [0.15, 0.2) is 42.6 Å². The van der Waals surface area contributed by atoms with Crippen LogP contribution in [0.3, 0.4) is 0 Å². The maximum atomic E-state index is 12.5. The van der Waals surface area contributed by atoms with E-state index in [0.29, 0.717) is 6.42 Å². The molecule has 3 aromatic rings. The molecule has 1 fully saturated rings. The summed E-state index contributed by atoms with van der Waals surface area (Å²) in [4.78, 5) is 30.8. The van der Waals surface area contributed by atoms with Crippen molar-refractivity contribution in [1.82, 2.24) is 24.4 Å². The van der Waals surface area contributed by atoms with Gasteiger partial charge in [-0.25, -0.2) is 15.0 Å². The third-order valence-corrected chi connectivity index (χ3v) is 5.98. The second-order valence-electron chi connectivity index (χ2n) is 6.60. The van der Waals surface area contributed by atoms with Gasteiger partial charge in [0.05, 0.1) is 0 Å². The van der Waals surface area contributed by atoms with E-state index in [9.17, 15) is 4.79 Å². The van der Waals surface area contributed by atoms with Gasteiger partial charge in [0.15, 0.2) is 0 Å². The van der Waals surface area contributed by atoms with E-state index >= 15 is 0 Å². The normalized spacial score (nSPS) is 14.6. The van der Waals surface area contributed by atoms with Crippen LogP contribution in [0.4, 0.5) is 5.82 Å². The van der Waals surface area contributed by atoms with Crippen molar-refractivity contribution >= 4 is 23.1 Å². The molecule has 1 saturated heterocycles. The molecule has 27 heavy (non-hydrogen) atoms. The number of piperazine rings is 1. The third kappa shape index (κ3) is 4.00. The molecule has 8 heteroatoms. The highest BCUT2D eigenvalue weighted by Gasteiger charge is 2.22. The summed E-state index contributed by atoms with van der Waals surface area (Å²) in [5.74, 6) is 1.92. The minimum absolute atomic E-state index is 0.240. The first-order chi connectivity index (χ1) is 13.2. The molecule has 4 rings (SSSR count). The van der Waals surface area contributed by atoms with Crippen LogP contribution >= 0.6 is 11.3 Å². The molecule has 0 N–H and O–H groups in total. The summed E-state index contributed by atoms with van der Waals surface area (Å²) in [5.41, 5.74) is 1.29. The number of aryl methyl sites for hydroxylation is 2. The van der Waals surface area contributed by atoms with Crippen molar-refractivity contribution in [2.24, 2.45) is 0 Å². The average Bonchev–Trinajstić information content (AvgIpc) is 3.38. The van der Waals surface area contributed by atoms with Gasteiger partial charge in [-0.15, -0.1) is 11.3 Å². The van der Waals surface area contributed by atoms with E-state index in [0.717, 1.165) is 44.2 Å². The van der Waals surface area contributed by atoms with Crippen LogP contribution < -0.4 is 4.90 Å². The molecule has 0 aromatic carbocycles. The first-order valence-corrected chi connectivity index (χ1v) is 9.95. The van der Waals surface area contributed by atoms with Gasteiger partial charge in [0.2, 0.25) is 5.91 Å². The fourth-order valence-electron chi connectivity index (χ4n) is 3.27. The lowest BCUT2D eigenvalue weighted by Crippen LogP contribution is -2.49. The maximum absolute atomic E-state index is 12.5. The number of imidazole rings is 1. The molecular formula is C19H22N6OS. The molecule has 3 aromatic heterocycles. The van der Waals surface area contributed by atoms with Gasteiger partial charge in [-0.05, 0) is 30.4 Å². The zero-order valence-corrected chi connectivity index (χ0v) is 16.1. The van der Waals surface area contributed by atoms with Crippen LogP contribution in [0.1, 0.15) is 16.9 Å². The predicted octanol–water partition coefficient (Wildman–Crippen LogP) is 2.31. The molecule has 0 atom stereocenters. The number of carbonyl (C=O) groups is 1. The zero-order chi connectivity index (χ0) is 18.6. The van der Waals surface area contributed by atoms with Crippen molar-refractivity contribution in [3.63, 3.8) is 0 Å². The molecule has 0 aliphatic carbocycles. The number of hydrogen-bond acceptors (Lipinski definition) is 6. The number of carbonyl (C=O) groups excluding carboxylic acids is 1. The van der Waals surface area contributed by atoms with Gasteiger partial charge in [0.25, 0.3) is 0 Å². The molecule has 0 radical (unpaired) electrons. The molecule has 0 unspecified atom stereocenters. The Hall–Kier alpha value is -2.74. The zero-order valence-electron chi connectivity index (χ0n) is 15.3. The molecule has 7 nitrogen and oxygen atoms in total. The lowest BCUT2D eigenvalue weighted by Gasteiger charge is -2.35. The topological polar surface area (TPSA) is 67.2 Å². The van der Waals surface area contributed by atoms with Gasteiger partial charge in [0, 0.05) is 55.9 Å². The molecule has 0 spiro atoms. The molecule has 140 valence electrons. The van der Waals surface area contributed by atoms with Gasteiger partial charge in [0.1, 0.15) is 24.3 Å². The predicted molar refractivity (Wildman–Crippen MR) is 105 cm³/mol. The number of hydrogen-bond donors (Lipinski definition) is 0. The van der Waals surface area contributed by atoms with E-state index in [1.165, 1.54) is 10.4 Å². The summed E-state index contributed by atoms with van der Waals surface area (Å²) >= 11 is 1.74.